The molecule has 2 rings (SSSR count). The molecule has 0 unspecified atom stereocenters. The third kappa shape index (κ3) is 4.48. The lowest BCUT2D eigenvalue weighted by molar-refractivity contribution is 0.0853. The Hall–Kier alpha value is -0.820. The van der Waals surface area contributed by atoms with Crippen molar-refractivity contribution in [3.05, 3.63) is 35.9 Å². The molecule has 0 radical (unpaired) electrons. The lowest BCUT2D eigenvalue weighted by Crippen LogP contribution is -2.13. The fourth-order valence-corrected chi connectivity index (χ4v) is 1.76. The molecule has 1 aromatic rings. The van der Waals surface area contributed by atoms with Gasteiger partial charge in [-0.1, -0.05) is 50.6 Å². The average Bonchev–Trinajstić information content (AvgIpc) is 2.32. The van der Waals surface area contributed by atoms with Gasteiger partial charge in [-0.2, -0.15) is 0 Å². The first kappa shape index (κ1) is 12.3. The average molecular weight is 206 g/mol. The highest BCUT2D eigenvalue weighted by Gasteiger charge is 2.14. The van der Waals surface area contributed by atoms with Gasteiger partial charge in [-0.05, 0) is 24.3 Å². The van der Waals surface area contributed by atoms with Crippen LogP contribution in [-0.4, -0.2) is 13.2 Å². The summed E-state index contributed by atoms with van der Waals surface area (Å²) in [6, 6.07) is 10.7. The fourth-order valence-electron chi connectivity index (χ4n) is 1.76. The van der Waals surface area contributed by atoms with E-state index in [-0.39, 0.29) is 0 Å². The highest BCUT2D eigenvalue weighted by Crippen LogP contribution is 2.25. The molecule has 0 saturated carbocycles. The van der Waals surface area contributed by atoms with Crippen LogP contribution in [-0.2, 0) is 4.74 Å². The van der Waals surface area contributed by atoms with Gasteiger partial charge in [0.25, 0.3) is 0 Å². The van der Waals surface area contributed by atoms with Gasteiger partial charge in [-0.3, -0.25) is 0 Å². The summed E-state index contributed by atoms with van der Waals surface area (Å²) in [5, 5.41) is 0. The molecule has 1 aliphatic heterocycles. The van der Waals surface area contributed by atoms with Crippen molar-refractivity contribution < 1.29 is 4.74 Å². The molecule has 0 aromatic heterocycles. The normalized spacial score (nSPS) is 16.7. The topological polar surface area (TPSA) is 9.23 Å². The van der Waals surface area contributed by atoms with Gasteiger partial charge >= 0.3 is 0 Å². The van der Waals surface area contributed by atoms with Gasteiger partial charge in [0.05, 0.1) is 0 Å². The van der Waals surface area contributed by atoms with Crippen molar-refractivity contribution in [1.29, 1.82) is 0 Å². The second-order valence-corrected chi connectivity index (χ2v) is 4.00. The first-order valence-corrected chi connectivity index (χ1v) is 6.01. The minimum absolute atomic E-state index is 0.736. The third-order valence-corrected chi connectivity index (χ3v) is 2.49. The highest BCUT2D eigenvalue weighted by atomic mass is 16.5. The summed E-state index contributed by atoms with van der Waals surface area (Å²) in [7, 11) is 0. The third-order valence-electron chi connectivity index (χ3n) is 2.49. The van der Waals surface area contributed by atoms with E-state index in [1.165, 1.54) is 24.8 Å². The molecule has 1 saturated heterocycles. The number of rotatable bonds is 1. The molecule has 1 heteroatoms. The van der Waals surface area contributed by atoms with Gasteiger partial charge < -0.3 is 4.74 Å². The van der Waals surface area contributed by atoms with E-state index in [1.54, 1.807) is 0 Å². The van der Waals surface area contributed by atoms with Gasteiger partial charge in [0.2, 0.25) is 0 Å². The van der Waals surface area contributed by atoms with Crippen LogP contribution in [0.5, 0.6) is 0 Å². The zero-order valence-corrected chi connectivity index (χ0v) is 9.91. The van der Waals surface area contributed by atoms with E-state index in [1.807, 2.05) is 0 Å². The highest BCUT2D eigenvalue weighted by molar-refractivity contribution is 5.19. The lowest BCUT2D eigenvalue weighted by Gasteiger charge is -2.22. The second kappa shape index (κ2) is 7.47. The Bertz CT molecular complexity index is 237. The molecule has 1 nitrogen and oxygen atoms in total. The SMILES string of the molecule is CCC.c1ccc(C2CCOCC2)cc1. The Morgan fingerprint density at radius 2 is 1.60 bits per heavy atom. The smallest absolute Gasteiger partial charge is 0.0471 e. The van der Waals surface area contributed by atoms with E-state index in [9.17, 15) is 0 Å². The molecule has 1 aliphatic rings. The number of benzene rings is 1. The molecule has 0 aliphatic carbocycles. The van der Waals surface area contributed by atoms with Crippen LogP contribution in [0.3, 0.4) is 0 Å². The van der Waals surface area contributed by atoms with Gasteiger partial charge in [0.1, 0.15) is 0 Å². The maximum atomic E-state index is 5.32. The van der Waals surface area contributed by atoms with E-state index in [0.717, 1.165) is 19.1 Å². The van der Waals surface area contributed by atoms with Crippen molar-refractivity contribution in [3.8, 4) is 0 Å². The van der Waals surface area contributed by atoms with Crippen molar-refractivity contribution in [2.75, 3.05) is 13.2 Å². The minimum atomic E-state index is 0.736. The van der Waals surface area contributed by atoms with Crippen LogP contribution < -0.4 is 0 Å². The van der Waals surface area contributed by atoms with Crippen molar-refractivity contribution in [3.63, 3.8) is 0 Å². The van der Waals surface area contributed by atoms with E-state index in [2.05, 4.69) is 44.2 Å². The minimum Gasteiger partial charge on any atom is -0.381 e. The second-order valence-electron chi connectivity index (χ2n) is 4.00. The van der Waals surface area contributed by atoms with E-state index in [0.29, 0.717) is 0 Å². The first-order chi connectivity index (χ1) is 7.38. The lowest BCUT2D eigenvalue weighted by atomic mass is 9.92. The monoisotopic (exact) mass is 206 g/mol. The molecule has 1 aromatic carbocycles. The van der Waals surface area contributed by atoms with E-state index >= 15 is 0 Å². The van der Waals surface area contributed by atoms with Gasteiger partial charge in [0.15, 0.2) is 0 Å². The Labute approximate surface area is 93.5 Å². The molecular formula is C14H22O. The standard InChI is InChI=1S/C11H14O.C3H8/c1-2-4-10(5-3-1)11-6-8-12-9-7-11;1-3-2/h1-5,11H,6-9H2;3H2,1-2H3. The zero-order chi connectivity index (χ0) is 10.9. The molecule has 0 amide bonds. The summed E-state index contributed by atoms with van der Waals surface area (Å²) in [6.45, 7) is 6.11. The fraction of sp³-hybridized carbons (Fsp3) is 0.571. The van der Waals surface area contributed by atoms with Crippen LogP contribution in [0.1, 0.15) is 44.6 Å². The molecule has 0 spiro atoms. The molecule has 0 N–H and O–H groups in total. The maximum absolute atomic E-state index is 5.32. The zero-order valence-electron chi connectivity index (χ0n) is 9.91. The Kier molecular flexibility index (Phi) is 6.10. The number of hydrogen-bond donors (Lipinski definition) is 0. The summed E-state index contributed by atoms with van der Waals surface area (Å²) < 4.78 is 5.32. The quantitative estimate of drug-likeness (QED) is 0.675. The van der Waals surface area contributed by atoms with Crippen molar-refractivity contribution in [1.82, 2.24) is 0 Å². The largest absolute Gasteiger partial charge is 0.381 e. The Balaban J connectivity index is 0.000000337. The number of ether oxygens (including phenoxy) is 1. The maximum Gasteiger partial charge on any atom is 0.0471 e. The van der Waals surface area contributed by atoms with Crippen LogP contribution in [0.4, 0.5) is 0 Å². The predicted octanol–water partition coefficient (Wildman–Crippen LogP) is 4.00. The van der Waals surface area contributed by atoms with Crippen LogP contribution in [0, 0.1) is 0 Å². The van der Waals surface area contributed by atoms with Crippen molar-refractivity contribution in [2.45, 2.75) is 39.0 Å². The van der Waals surface area contributed by atoms with Crippen LogP contribution in [0.15, 0.2) is 30.3 Å². The summed E-state index contributed by atoms with van der Waals surface area (Å²) in [6.07, 6.45) is 3.62. The molecule has 15 heavy (non-hydrogen) atoms. The van der Waals surface area contributed by atoms with Crippen LogP contribution in [0.25, 0.3) is 0 Å². The molecule has 1 fully saturated rings. The predicted molar refractivity (Wildman–Crippen MR) is 65.2 cm³/mol. The van der Waals surface area contributed by atoms with E-state index in [4.69, 9.17) is 4.74 Å². The molecule has 0 bridgehead atoms. The molecule has 1 heterocycles. The summed E-state index contributed by atoms with van der Waals surface area (Å²) in [5.41, 5.74) is 1.47. The first-order valence-electron chi connectivity index (χ1n) is 6.01. The van der Waals surface area contributed by atoms with E-state index < -0.39 is 0 Å². The molecule has 0 atom stereocenters. The van der Waals surface area contributed by atoms with Crippen LogP contribution >= 0.6 is 0 Å². The summed E-state index contributed by atoms with van der Waals surface area (Å²) in [4.78, 5) is 0. The Morgan fingerprint density at radius 3 is 2.13 bits per heavy atom. The van der Waals surface area contributed by atoms with Crippen LogP contribution in [0.2, 0.25) is 0 Å². The van der Waals surface area contributed by atoms with Crippen molar-refractivity contribution >= 4 is 0 Å². The molecular weight excluding hydrogens is 184 g/mol. The number of hydrogen-bond acceptors (Lipinski definition) is 1. The molecule has 84 valence electrons. The Morgan fingerprint density at radius 1 is 1.07 bits per heavy atom. The van der Waals surface area contributed by atoms with Gasteiger partial charge in [-0.25, -0.2) is 0 Å². The van der Waals surface area contributed by atoms with Gasteiger partial charge in [0, 0.05) is 13.2 Å². The summed E-state index contributed by atoms with van der Waals surface area (Å²) >= 11 is 0. The van der Waals surface area contributed by atoms with Gasteiger partial charge in [-0.15, -0.1) is 0 Å². The van der Waals surface area contributed by atoms with Crippen molar-refractivity contribution in [2.24, 2.45) is 0 Å². The summed E-state index contributed by atoms with van der Waals surface area (Å²) in [5.74, 6) is 0.736.